The maximum Gasteiger partial charge on any atom is 0.432 e. The molecule has 3 heterocycles. The zero-order valence-corrected chi connectivity index (χ0v) is 22.5. The second kappa shape index (κ2) is 8.31. The summed E-state index contributed by atoms with van der Waals surface area (Å²) >= 11 is 0. The second-order valence-corrected chi connectivity index (χ2v) is 14.6. The Morgan fingerprint density at radius 1 is 0.861 bits per heavy atom. The van der Waals surface area contributed by atoms with Crippen molar-refractivity contribution in [2.75, 3.05) is 38.0 Å². The Hall–Kier alpha value is -3.97. The van der Waals surface area contributed by atoms with E-state index in [1.165, 1.54) is 14.9 Å². The molecule has 2 aliphatic heterocycles. The summed E-state index contributed by atoms with van der Waals surface area (Å²) in [5.74, 6) is -1.75. The summed E-state index contributed by atoms with van der Waals surface area (Å²) in [4.78, 5) is 29.3. The highest BCUT2D eigenvalue weighted by Crippen LogP contribution is 2.38. The lowest BCUT2D eigenvalue weighted by Gasteiger charge is -2.37. The molecule has 1 N–H and O–H groups in total. The molecule has 1 aromatic heterocycles. The molecule has 0 bridgehead atoms. The highest BCUT2D eigenvalue weighted by atomic mass is 28.3. The fourth-order valence-corrected chi connectivity index (χ4v) is 8.35. The summed E-state index contributed by atoms with van der Waals surface area (Å²) in [6.07, 6.45) is 3.20. The van der Waals surface area contributed by atoms with Gasteiger partial charge in [-0.25, -0.2) is 9.59 Å². The Morgan fingerprint density at radius 2 is 1.42 bits per heavy atom. The molecule has 0 saturated heterocycles. The first-order valence-corrected chi connectivity index (χ1v) is 14.9. The number of rotatable bonds is 3. The monoisotopic (exact) mass is 496 g/mol. The van der Waals surface area contributed by atoms with Crippen LogP contribution in [-0.2, 0) is 4.79 Å². The van der Waals surface area contributed by atoms with Crippen molar-refractivity contribution in [3.05, 3.63) is 89.3 Å². The van der Waals surface area contributed by atoms with E-state index in [-0.39, 0.29) is 5.57 Å². The molecule has 0 radical (unpaired) electrons. The predicted octanol–water partition coefficient (Wildman–Crippen LogP) is 2.87. The van der Waals surface area contributed by atoms with E-state index in [1.807, 2.05) is 40.3 Å². The number of carboxylic acid groups (broad SMARTS) is 1. The number of aromatic nitrogens is 1. The summed E-state index contributed by atoms with van der Waals surface area (Å²) in [6, 6.07) is 18.6. The minimum Gasteiger partial charge on any atom is -0.477 e. The topological polar surface area (TPSA) is 64.7 Å². The largest absolute Gasteiger partial charge is 0.477 e. The Bertz CT molecular complexity index is 1450. The minimum atomic E-state index is -2.13. The SMILES string of the molecule is CN(C)c1ccc2c(c1)[Si](C)(C)c1cc(N(C)C)ccc1C2=C1C=C(C(=O)O)C(=O)[n+]2ccccc21. The van der Waals surface area contributed by atoms with E-state index in [0.29, 0.717) is 5.69 Å². The lowest BCUT2D eigenvalue weighted by Crippen LogP contribution is -2.58. The van der Waals surface area contributed by atoms with Gasteiger partial charge in [-0.3, -0.25) is 0 Å². The van der Waals surface area contributed by atoms with Gasteiger partial charge in [0.25, 0.3) is 0 Å². The third kappa shape index (κ3) is 3.50. The molecule has 2 aliphatic rings. The highest BCUT2D eigenvalue weighted by molar-refractivity contribution is 7.02. The van der Waals surface area contributed by atoms with Crippen molar-refractivity contribution in [2.24, 2.45) is 0 Å². The summed E-state index contributed by atoms with van der Waals surface area (Å²) in [5.41, 5.74) is 6.62. The number of pyridine rings is 1. The number of anilines is 2. The first kappa shape index (κ1) is 23.8. The van der Waals surface area contributed by atoms with Crippen LogP contribution in [0.1, 0.15) is 21.6 Å². The number of fused-ring (bicyclic) bond motifs is 3. The van der Waals surface area contributed by atoms with Gasteiger partial charge in [-0.15, -0.1) is 4.57 Å². The second-order valence-electron chi connectivity index (χ2n) is 10.3. The first-order chi connectivity index (χ1) is 17.0. The molecule has 0 aliphatic carbocycles. The van der Waals surface area contributed by atoms with Crippen molar-refractivity contribution in [1.82, 2.24) is 0 Å². The number of allylic oxidation sites excluding steroid dienone is 2. The molecule has 2 aromatic carbocycles. The van der Waals surface area contributed by atoms with E-state index >= 15 is 0 Å². The van der Waals surface area contributed by atoms with Crippen LogP contribution in [0, 0.1) is 0 Å². The molecule has 0 fully saturated rings. The Balaban J connectivity index is 1.95. The molecule has 0 atom stereocenters. The van der Waals surface area contributed by atoms with Crippen molar-refractivity contribution in [3.8, 4) is 0 Å². The zero-order valence-electron chi connectivity index (χ0n) is 21.5. The van der Waals surface area contributed by atoms with Crippen LogP contribution in [0.25, 0.3) is 11.1 Å². The van der Waals surface area contributed by atoms with Gasteiger partial charge in [-0.05, 0) is 57.9 Å². The quantitative estimate of drug-likeness (QED) is 0.343. The van der Waals surface area contributed by atoms with Gasteiger partial charge in [0.05, 0.1) is 5.57 Å². The highest BCUT2D eigenvalue weighted by Gasteiger charge is 2.42. The predicted molar refractivity (Wildman–Crippen MR) is 147 cm³/mol. The Kier molecular flexibility index (Phi) is 5.48. The molecule has 36 heavy (non-hydrogen) atoms. The summed E-state index contributed by atoms with van der Waals surface area (Å²) in [6.45, 7) is 4.74. The fourth-order valence-electron chi connectivity index (χ4n) is 5.27. The van der Waals surface area contributed by atoms with Crippen LogP contribution >= 0.6 is 0 Å². The number of carboxylic acids is 1. The van der Waals surface area contributed by atoms with Crippen LogP contribution < -0.4 is 24.7 Å². The van der Waals surface area contributed by atoms with Gasteiger partial charge >= 0.3 is 11.9 Å². The van der Waals surface area contributed by atoms with Crippen LogP contribution in [0.5, 0.6) is 0 Å². The van der Waals surface area contributed by atoms with Crippen LogP contribution in [0.2, 0.25) is 13.1 Å². The van der Waals surface area contributed by atoms with Crippen molar-refractivity contribution in [2.45, 2.75) is 13.1 Å². The number of hydrogen-bond donors (Lipinski definition) is 1. The molecule has 0 amide bonds. The first-order valence-electron chi connectivity index (χ1n) is 11.9. The van der Waals surface area contributed by atoms with Gasteiger partial charge in [0.15, 0.2) is 11.8 Å². The van der Waals surface area contributed by atoms with E-state index in [9.17, 15) is 14.7 Å². The summed E-state index contributed by atoms with van der Waals surface area (Å²) in [5, 5.41) is 12.5. The number of carbonyl (C=O) groups excluding carboxylic acids is 1. The molecular weight excluding hydrogens is 466 g/mol. The molecule has 0 spiro atoms. The smallest absolute Gasteiger partial charge is 0.432 e. The maximum atomic E-state index is 13.0. The van der Waals surface area contributed by atoms with Crippen LogP contribution in [0.3, 0.4) is 0 Å². The van der Waals surface area contributed by atoms with Crippen molar-refractivity contribution in [3.63, 3.8) is 0 Å². The number of aliphatic carboxylic acids is 1. The van der Waals surface area contributed by atoms with E-state index < -0.39 is 20.0 Å². The zero-order chi connectivity index (χ0) is 25.9. The molecule has 0 saturated carbocycles. The number of hydrogen-bond acceptors (Lipinski definition) is 4. The fraction of sp³-hybridized carbons (Fsp3) is 0.207. The number of carbonyl (C=O) groups is 2. The number of nitrogens with zero attached hydrogens (tertiary/aromatic N) is 3. The lowest BCUT2D eigenvalue weighted by molar-refractivity contribution is -0.574. The lowest BCUT2D eigenvalue weighted by atomic mass is 9.87. The molecule has 5 rings (SSSR count). The average molecular weight is 497 g/mol. The Labute approximate surface area is 212 Å². The van der Waals surface area contributed by atoms with Gasteiger partial charge in [0, 0.05) is 57.3 Å². The molecule has 182 valence electrons. The summed E-state index contributed by atoms with van der Waals surface area (Å²) in [7, 11) is 6.03. The minimum absolute atomic E-state index is 0.235. The van der Waals surface area contributed by atoms with Crippen LogP contribution in [0.15, 0.2) is 72.4 Å². The van der Waals surface area contributed by atoms with Crippen LogP contribution in [-0.4, -0.2) is 53.2 Å². The Morgan fingerprint density at radius 3 is 1.92 bits per heavy atom. The summed E-state index contributed by atoms with van der Waals surface area (Å²) < 4.78 is 1.45. The third-order valence-corrected chi connectivity index (χ3v) is 10.8. The molecule has 0 unspecified atom stereocenters. The van der Waals surface area contributed by atoms with E-state index in [2.05, 4.69) is 59.3 Å². The molecule has 6 nitrogen and oxygen atoms in total. The molecular formula is C29H30N3O3Si+. The van der Waals surface area contributed by atoms with Gasteiger partial charge in [-0.1, -0.05) is 25.2 Å². The van der Waals surface area contributed by atoms with Crippen LogP contribution in [0.4, 0.5) is 11.4 Å². The van der Waals surface area contributed by atoms with Gasteiger partial charge in [-0.2, -0.15) is 0 Å². The average Bonchev–Trinajstić information content (AvgIpc) is 2.84. The van der Waals surface area contributed by atoms with Gasteiger partial charge in [0.2, 0.25) is 5.69 Å². The molecule has 3 aromatic rings. The standard InChI is InChI=1S/C29H29N3O3Si/c1-30(2)18-10-12-20-25(15-18)36(5,6)26-16-19(31(3)4)11-13-21(26)27(20)22-17-23(29(34)35)28(33)32-14-8-7-9-24(22)32/h7-17H,1-6H3/p+1. The number of benzene rings is 2. The maximum absolute atomic E-state index is 13.0. The van der Waals surface area contributed by atoms with Gasteiger partial charge < -0.3 is 14.9 Å². The third-order valence-electron chi connectivity index (χ3n) is 7.30. The van der Waals surface area contributed by atoms with E-state index in [4.69, 9.17) is 0 Å². The van der Waals surface area contributed by atoms with Crippen molar-refractivity contribution < 1.29 is 19.3 Å². The molecule has 7 heteroatoms. The normalized spacial score (nSPS) is 15.5. The van der Waals surface area contributed by atoms with Crippen molar-refractivity contribution >= 4 is 52.8 Å². The van der Waals surface area contributed by atoms with Gasteiger partial charge in [0.1, 0.15) is 8.07 Å². The van der Waals surface area contributed by atoms with E-state index in [1.54, 1.807) is 18.3 Å². The van der Waals surface area contributed by atoms with E-state index in [0.717, 1.165) is 33.6 Å². The van der Waals surface area contributed by atoms with Crippen molar-refractivity contribution in [1.29, 1.82) is 0 Å².